The first kappa shape index (κ1) is 14.6. The van der Waals surface area contributed by atoms with E-state index in [1.807, 2.05) is 12.1 Å². The predicted molar refractivity (Wildman–Crippen MR) is 81.0 cm³/mol. The van der Waals surface area contributed by atoms with Crippen LogP contribution in [0.1, 0.15) is 18.4 Å². The van der Waals surface area contributed by atoms with Crippen molar-refractivity contribution in [1.82, 2.24) is 0 Å². The molecule has 2 rings (SSSR count). The molecule has 0 amide bonds. The van der Waals surface area contributed by atoms with E-state index in [4.69, 9.17) is 22.1 Å². The highest BCUT2D eigenvalue weighted by Crippen LogP contribution is 2.28. The number of nitrogens with zero attached hydrogens (tertiary/aromatic N) is 1. The van der Waals surface area contributed by atoms with Crippen molar-refractivity contribution in [2.24, 2.45) is 11.7 Å². The first-order valence-electron chi connectivity index (χ1n) is 6.97. The van der Waals surface area contributed by atoms with Crippen molar-refractivity contribution in [3.8, 4) is 0 Å². The highest BCUT2D eigenvalue weighted by Gasteiger charge is 2.20. The van der Waals surface area contributed by atoms with Gasteiger partial charge in [0, 0.05) is 37.5 Å². The van der Waals surface area contributed by atoms with Gasteiger partial charge in [-0.2, -0.15) is 0 Å². The molecule has 0 unspecified atom stereocenters. The number of hydrogen-bond acceptors (Lipinski definition) is 3. The highest BCUT2D eigenvalue weighted by atomic mass is 35.5. The van der Waals surface area contributed by atoms with Crippen LogP contribution >= 0.6 is 11.6 Å². The summed E-state index contributed by atoms with van der Waals surface area (Å²) in [6.45, 7) is 3.72. The molecule has 0 atom stereocenters. The second-order valence-corrected chi connectivity index (χ2v) is 5.63. The number of benzene rings is 1. The third kappa shape index (κ3) is 3.85. The monoisotopic (exact) mass is 282 g/mol. The van der Waals surface area contributed by atoms with E-state index in [0.29, 0.717) is 12.5 Å². The van der Waals surface area contributed by atoms with E-state index >= 15 is 0 Å². The Balaban J connectivity index is 2.06. The maximum Gasteiger partial charge on any atom is 0.0491 e. The van der Waals surface area contributed by atoms with Crippen LogP contribution in [-0.4, -0.2) is 33.4 Å². The molecule has 0 radical (unpaired) electrons. The SMILES string of the molecule is COCC1CCN(c2ccc(Cl)cc2CCN)CC1. The summed E-state index contributed by atoms with van der Waals surface area (Å²) in [7, 11) is 1.78. The van der Waals surface area contributed by atoms with Crippen LogP contribution in [0.25, 0.3) is 0 Å². The summed E-state index contributed by atoms with van der Waals surface area (Å²) < 4.78 is 5.25. The summed E-state index contributed by atoms with van der Waals surface area (Å²) in [5.74, 6) is 0.700. The molecule has 2 N–H and O–H groups in total. The van der Waals surface area contributed by atoms with Crippen molar-refractivity contribution >= 4 is 17.3 Å². The topological polar surface area (TPSA) is 38.5 Å². The Morgan fingerprint density at radius 2 is 2.11 bits per heavy atom. The number of methoxy groups -OCH3 is 1. The summed E-state index contributed by atoms with van der Waals surface area (Å²) in [6.07, 6.45) is 3.27. The number of ether oxygens (including phenoxy) is 1. The standard InChI is InChI=1S/C15H23ClN2O/c1-19-11-12-5-8-18(9-6-12)15-3-2-14(16)10-13(15)4-7-17/h2-3,10,12H,4-9,11,17H2,1H3. The number of hydrogen-bond donors (Lipinski definition) is 1. The molecule has 1 aliphatic heterocycles. The fourth-order valence-corrected chi connectivity index (χ4v) is 2.99. The Kier molecular flexibility index (Phi) is 5.49. The molecule has 1 aliphatic rings. The van der Waals surface area contributed by atoms with Gasteiger partial charge in [0.2, 0.25) is 0 Å². The normalized spacial score (nSPS) is 16.9. The van der Waals surface area contributed by atoms with Gasteiger partial charge in [0.1, 0.15) is 0 Å². The first-order chi connectivity index (χ1) is 9.24. The van der Waals surface area contributed by atoms with Crippen molar-refractivity contribution in [2.75, 3.05) is 38.3 Å². The van der Waals surface area contributed by atoms with Crippen LogP contribution in [0.5, 0.6) is 0 Å². The molecule has 0 bridgehead atoms. The Morgan fingerprint density at radius 1 is 1.37 bits per heavy atom. The zero-order valence-electron chi connectivity index (χ0n) is 11.6. The lowest BCUT2D eigenvalue weighted by Crippen LogP contribution is -2.35. The van der Waals surface area contributed by atoms with E-state index in [1.165, 1.54) is 24.1 Å². The number of rotatable bonds is 5. The maximum absolute atomic E-state index is 6.08. The molecule has 1 fully saturated rings. The van der Waals surface area contributed by atoms with Crippen molar-refractivity contribution in [1.29, 1.82) is 0 Å². The van der Waals surface area contributed by atoms with Crippen LogP contribution in [0.2, 0.25) is 5.02 Å². The Morgan fingerprint density at radius 3 is 2.74 bits per heavy atom. The molecule has 3 nitrogen and oxygen atoms in total. The zero-order valence-corrected chi connectivity index (χ0v) is 12.3. The van der Waals surface area contributed by atoms with E-state index in [-0.39, 0.29) is 0 Å². The first-order valence-corrected chi connectivity index (χ1v) is 7.34. The minimum atomic E-state index is 0.660. The van der Waals surface area contributed by atoms with Gasteiger partial charge in [-0.15, -0.1) is 0 Å². The summed E-state index contributed by atoms with van der Waals surface area (Å²) >= 11 is 6.08. The van der Waals surface area contributed by atoms with Gasteiger partial charge in [-0.05, 0) is 55.5 Å². The van der Waals surface area contributed by atoms with Crippen LogP contribution in [0.15, 0.2) is 18.2 Å². The number of halogens is 1. The van der Waals surface area contributed by atoms with Crippen LogP contribution in [0.4, 0.5) is 5.69 Å². The minimum absolute atomic E-state index is 0.660. The third-order valence-electron chi connectivity index (χ3n) is 3.81. The van der Waals surface area contributed by atoms with Crippen LogP contribution in [0.3, 0.4) is 0 Å². The quantitative estimate of drug-likeness (QED) is 0.902. The molecule has 1 saturated heterocycles. The lowest BCUT2D eigenvalue weighted by atomic mass is 9.96. The van der Waals surface area contributed by atoms with E-state index in [9.17, 15) is 0 Å². The van der Waals surface area contributed by atoms with Crippen molar-refractivity contribution in [3.05, 3.63) is 28.8 Å². The highest BCUT2D eigenvalue weighted by molar-refractivity contribution is 6.30. The Bertz CT molecular complexity index is 403. The van der Waals surface area contributed by atoms with Gasteiger partial charge in [0.05, 0.1) is 0 Å². The number of piperidine rings is 1. The molecule has 4 heteroatoms. The van der Waals surface area contributed by atoms with E-state index in [0.717, 1.165) is 31.1 Å². The number of anilines is 1. The summed E-state index contributed by atoms with van der Waals surface area (Å²) in [4.78, 5) is 2.45. The molecule has 0 spiro atoms. The van der Waals surface area contributed by atoms with Gasteiger partial charge in [0.15, 0.2) is 0 Å². The van der Waals surface area contributed by atoms with Crippen molar-refractivity contribution in [2.45, 2.75) is 19.3 Å². The van der Waals surface area contributed by atoms with Crippen LogP contribution in [-0.2, 0) is 11.2 Å². The largest absolute Gasteiger partial charge is 0.384 e. The molecule has 1 aromatic rings. The van der Waals surface area contributed by atoms with Crippen molar-refractivity contribution < 1.29 is 4.74 Å². The summed E-state index contributed by atoms with van der Waals surface area (Å²) in [5.41, 5.74) is 8.25. The molecule has 0 aliphatic carbocycles. The molecule has 1 aromatic carbocycles. The predicted octanol–water partition coefficient (Wildman–Crippen LogP) is 2.70. The third-order valence-corrected chi connectivity index (χ3v) is 4.05. The maximum atomic E-state index is 6.08. The van der Waals surface area contributed by atoms with E-state index in [1.54, 1.807) is 7.11 Å². The van der Waals surface area contributed by atoms with Crippen LogP contribution < -0.4 is 10.6 Å². The zero-order chi connectivity index (χ0) is 13.7. The number of nitrogens with two attached hydrogens (primary N) is 1. The molecular weight excluding hydrogens is 260 g/mol. The minimum Gasteiger partial charge on any atom is -0.384 e. The molecule has 0 aromatic heterocycles. The van der Waals surface area contributed by atoms with Gasteiger partial charge in [-0.25, -0.2) is 0 Å². The molecular formula is C15H23ClN2O. The second-order valence-electron chi connectivity index (χ2n) is 5.20. The Labute approximate surface area is 120 Å². The van der Waals surface area contributed by atoms with Gasteiger partial charge >= 0.3 is 0 Å². The average Bonchev–Trinajstić information content (AvgIpc) is 2.41. The lowest BCUT2D eigenvalue weighted by molar-refractivity contribution is 0.139. The van der Waals surface area contributed by atoms with Gasteiger partial charge in [-0.1, -0.05) is 11.6 Å². The second kappa shape index (κ2) is 7.13. The average molecular weight is 283 g/mol. The van der Waals surface area contributed by atoms with Gasteiger partial charge in [-0.3, -0.25) is 0 Å². The van der Waals surface area contributed by atoms with Crippen LogP contribution in [0, 0.1) is 5.92 Å². The molecule has 1 heterocycles. The Hall–Kier alpha value is -0.770. The lowest BCUT2D eigenvalue weighted by Gasteiger charge is -2.34. The summed E-state index contributed by atoms with van der Waals surface area (Å²) in [5, 5.41) is 0.793. The van der Waals surface area contributed by atoms with E-state index in [2.05, 4.69) is 11.0 Å². The molecule has 19 heavy (non-hydrogen) atoms. The van der Waals surface area contributed by atoms with Gasteiger partial charge < -0.3 is 15.4 Å². The molecule has 0 saturated carbocycles. The fraction of sp³-hybridized carbons (Fsp3) is 0.600. The summed E-state index contributed by atoms with van der Waals surface area (Å²) in [6, 6.07) is 6.15. The smallest absolute Gasteiger partial charge is 0.0491 e. The fourth-order valence-electron chi connectivity index (χ4n) is 2.79. The molecule has 106 valence electrons. The van der Waals surface area contributed by atoms with E-state index < -0.39 is 0 Å². The van der Waals surface area contributed by atoms with Crippen molar-refractivity contribution in [3.63, 3.8) is 0 Å². The van der Waals surface area contributed by atoms with Gasteiger partial charge in [0.25, 0.3) is 0 Å².